The van der Waals surface area contributed by atoms with Gasteiger partial charge in [-0.05, 0) is 50.3 Å². The molecule has 1 atom stereocenters. The SMILES string of the molecule is CCNC(=NCc1ccc(OCC)c(C)c1)N1CCC(CN2CCOCC2)C1.I. The molecule has 1 aromatic rings. The second kappa shape index (κ2) is 12.6. The highest BCUT2D eigenvalue weighted by molar-refractivity contribution is 14.0. The zero-order valence-corrected chi connectivity index (χ0v) is 20.5. The van der Waals surface area contributed by atoms with E-state index < -0.39 is 0 Å². The van der Waals surface area contributed by atoms with Gasteiger partial charge in [0, 0.05) is 39.3 Å². The molecule has 6 nitrogen and oxygen atoms in total. The van der Waals surface area contributed by atoms with Crippen molar-refractivity contribution in [1.82, 2.24) is 15.1 Å². The first-order valence-electron chi connectivity index (χ1n) is 10.7. The number of rotatable bonds is 7. The van der Waals surface area contributed by atoms with Gasteiger partial charge in [-0.25, -0.2) is 4.99 Å². The minimum Gasteiger partial charge on any atom is -0.494 e. The van der Waals surface area contributed by atoms with Gasteiger partial charge in [0.15, 0.2) is 5.96 Å². The van der Waals surface area contributed by atoms with Crippen LogP contribution in [0.3, 0.4) is 0 Å². The van der Waals surface area contributed by atoms with E-state index in [2.05, 4.69) is 47.2 Å². The molecule has 2 aliphatic rings. The molecule has 0 amide bonds. The van der Waals surface area contributed by atoms with Crippen molar-refractivity contribution >= 4 is 29.9 Å². The van der Waals surface area contributed by atoms with Gasteiger partial charge in [-0.3, -0.25) is 4.90 Å². The number of aliphatic imine (C=N–C) groups is 1. The molecular weight excluding hydrogens is 479 g/mol. The van der Waals surface area contributed by atoms with Crippen molar-refractivity contribution in [2.75, 3.05) is 59.1 Å². The van der Waals surface area contributed by atoms with Gasteiger partial charge in [0.1, 0.15) is 5.75 Å². The number of hydrogen-bond acceptors (Lipinski definition) is 4. The Hall–Kier alpha value is -1.06. The van der Waals surface area contributed by atoms with Crippen molar-refractivity contribution < 1.29 is 9.47 Å². The highest BCUT2D eigenvalue weighted by atomic mass is 127. The molecule has 2 fully saturated rings. The second-order valence-corrected chi connectivity index (χ2v) is 7.72. The van der Waals surface area contributed by atoms with Crippen LogP contribution in [0.4, 0.5) is 0 Å². The highest BCUT2D eigenvalue weighted by Crippen LogP contribution is 2.21. The maximum atomic E-state index is 5.64. The van der Waals surface area contributed by atoms with Crippen LogP contribution in [0.1, 0.15) is 31.4 Å². The van der Waals surface area contributed by atoms with E-state index >= 15 is 0 Å². The molecule has 3 rings (SSSR count). The Labute approximate surface area is 193 Å². The summed E-state index contributed by atoms with van der Waals surface area (Å²) in [5, 5.41) is 3.48. The van der Waals surface area contributed by atoms with Gasteiger partial charge in [-0.15, -0.1) is 24.0 Å². The summed E-state index contributed by atoms with van der Waals surface area (Å²) < 4.78 is 11.1. The van der Waals surface area contributed by atoms with Gasteiger partial charge in [-0.1, -0.05) is 12.1 Å². The van der Waals surface area contributed by atoms with Crippen LogP contribution in [0.5, 0.6) is 5.75 Å². The number of benzene rings is 1. The molecule has 0 aliphatic carbocycles. The summed E-state index contributed by atoms with van der Waals surface area (Å²) in [5.74, 6) is 2.72. The van der Waals surface area contributed by atoms with Gasteiger partial charge < -0.3 is 19.7 Å². The standard InChI is InChI=1S/C22H36N4O2.HI/c1-4-23-22(24-15-19-6-7-21(28-5-2)18(3)14-19)26-9-8-20(17-26)16-25-10-12-27-13-11-25;/h6-7,14,20H,4-5,8-13,15-17H2,1-3H3,(H,23,24);1H. The third kappa shape index (κ3) is 7.29. The van der Waals surface area contributed by atoms with Crippen molar-refractivity contribution in [3.8, 4) is 5.75 Å². The number of morpholine rings is 1. The third-order valence-electron chi connectivity index (χ3n) is 5.49. The topological polar surface area (TPSA) is 49.3 Å². The Balaban J connectivity index is 0.00000300. The van der Waals surface area contributed by atoms with E-state index in [1.165, 1.54) is 24.1 Å². The minimum atomic E-state index is 0. The molecule has 2 aliphatic heterocycles. The molecule has 1 aromatic carbocycles. The Morgan fingerprint density at radius 1 is 1.24 bits per heavy atom. The van der Waals surface area contributed by atoms with Crippen LogP contribution in [0.15, 0.2) is 23.2 Å². The molecule has 0 aromatic heterocycles. The van der Waals surface area contributed by atoms with E-state index in [0.29, 0.717) is 13.2 Å². The molecule has 29 heavy (non-hydrogen) atoms. The average Bonchev–Trinajstić information content (AvgIpc) is 3.16. The smallest absolute Gasteiger partial charge is 0.194 e. The molecule has 2 heterocycles. The van der Waals surface area contributed by atoms with Crippen molar-refractivity contribution in [1.29, 1.82) is 0 Å². The number of aryl methyl sites for hydroxylation is 1. The van der Waals surface area contributed by atoms with Gasteiger partial charge in [0.05, 0.1) is 26.4 Å². The maximum Gasteiger partial charge on any atom is 0.194 e. The molecule has 2 saturated heterocycles. The molecule has 1 N–H and O–H groups in total. The summed E-state index contributed by atoms with van der Waals surface area (Å²) in [5.41, 5.74) is 2.40. The Bertz CT molecular complexity index is 650. The molecule has 0 spiro atoms. The fourth-order valence-electron chi connectivity index (χ4n) is 4.04. The van der Waals surface area contributed by atoms with E-state index in [-0.39, 0.29) is 24.0 Å². The van der Waals surface area contributed by atoms with E-state index in [1.807, 2.05) is 6.92 Å². The zero-order valence-electron chi connectivity index (χ0n) is 18.2. The first kappa shape index (κ1) is 24.2. The zero-order chi connectivity index (χ0) is 19.8. The fourth-order valence-corrected chi connectivity index (χ4v) is 4.04. The lowest BCUT2D eigenvalue weighted by Gasteiger charge is -2.29. The summed E-state index contributed by atoms with van der Waals surface area (Å²) in [4.78, 5) is 9.89. The third-order valence-corrected chi connectivity index (χ3v) is 5.49. The fraction of sp³-hybridized carbons (Fsp3) is 0.682. The van der Waals surface area contributed by atoms with E-state index in [0.717, 1.165) is 63.6 Å². The van der Waals surface area contributed by atoms with Crippen LogP contribution >= 0.6 is 24.0 Å². The van der Waals surface area contributed by atoms with Gasteiger partial charge >= 0.3 is 0 Å². The lowest BCUT2D eigenvalue weighted by atomic mass is 10.1. The number of halogens is 1. The second-order valence-electron chi connectivity index (χ2n) is 7.72. The van der Waals surface area contributed by atoms with Gasteiger partial charge in [-0.2, -0.15) is 0 Å². The van der Waals surface area contributed by atoms with Crippen molar-refractivity contribution in [2.45, 2.75) is 33.7 Å². The maximum absolute atomic E-state index is 5.64. The van der Waals surface area contributed by atoms with E-state index in [1.54, 1.807) is 0 Å². The predicted octanol–water partition coefficient (Wildman–Crippen LogP) is 3.13. The number of ether oxygens (including phenoxy) is 2. The number of nitrogens with one attached hydrogen (secondary N) is 1. The molecule has 7 heteroatoms. The van der Waals surface area contributed by atoms with Crippen LogP contribution < -0.4 is 10.1 Å². The summed E-state index contributed by atoms with van der Waals surface area (Å²) in [7, 11) is 0. The summed E-state index contributed by atoms with van der Waals surface area (Å²) >= 11 is 0. The number of hydrogen-bond donors (Lipinski definition) is 1. The Morgan fingerprint density at radius 3 is 2.72 bits per heavy atom. The lowest BCUT2D eigenvalue weighted by molar-refractivity contribution is 0.0315. The molecule has 0 saturated carbocycles. The van der Waals surface area contributed by atoms with Crippen LogP contribution in [0.25, 0.3) is 0 Å². The van der Waals surface area contributed by atoms with Crippen LogP contribution in [0.2, 0.25) is 0 Å². The van der Waals surface area contributed by atoms with E-state index in [4.69, 9.17) is 14.5 Å². The van der Waals surface area contributed by atoms with Crippen LogP contribution in [-0.2, 0) is 11.3 Å². The first-order valence-corrected chi connectivity index (χ1v) is 10.7. The van der Waals surface area contributed by atoms with Crippen LogP contribution in [0, 0.1) is 12.8 Å². The van der Waals surface area contributed by atoms with Crippen molar-refractivity contribution in [2.24, 2.45) is 10.9 Å². The van der Waals surface area contributed by atoms with Crippen LogP contribution in [-0.4, -0.2) is 74.8 Å². The number of guanidine groups is 1. The summed E-state index contributed by atoms with van der Waals surface area (Å²) in [6, 6.07) is 6.37. The first-order chi connectivity index (χ1) is 13.7. The van der Waals surface area contributed by atoms with Crippen molar-refractivity contribution in [3.63, 3.8) is 0 Å². The van der Waals surface area contributed by atoms with E-state index in [9.17, 15) is 0 Å². The Morgan fingerprint density at radius 2 is 2.03 bits per heavy atom. The van der Waals surface area contributed by atoms with Gasteiger partial charge in [0.2, 0.25) is 0 Å². The monoisotopic (exact) mass is 516 g/mol. The largest absolute Gasteiger partial charge is 0.494 e. The highest BCUT2D eigenvalue weighted by Gasteiger charge is 2.27. The molecule has 164 valence electrons. The molecule has 1 unspecified atom stereocenters. The molecule has 0 radical (unpaired) electrons. The number of likely N-dealkylation sites (tertiary alicyclic amines) is 1. The molecular formula is C22H37IN4O2. The quantitative estimate of drug-likeness (QED) is 0.343. The molecule has 0 bridgehead atoms. The minimum absolute atomic E-state index is 0. The normalized spacial score (nSPS) is 20.4. The van der Waals surface area contributed by atoms with Crippen molar-refractivity contribution in [3.05, 3.63) is 29.3 Å². The van der Waals surface area contributed by atoms with Gasteiger partial charge in [0.25, 0.3) is 0 Å². The lowest BCUT2D eigenvalue weighted by Crippen LogP contribution is -2.42. The number of nitrogens with zero attached hydrogens (tertiary/aromatic N) is 3. The predicted molar refractivity (Wildman–Crippen MR) is 130 cm³/mol. The average molecular weight is 516 g/mol. The summed E-state index contributed by atoms with van der Waals surface area (Å²) in [6.45, 7) is 15.8. The summed E-state index contributed by atoms with van der Waals surface area (Å²) in [6.07, 6.45) is 1.24. The Kier molecular flexibility index (Phi) is 10.5.